The van der Waals surface area contributed by atoms with E-state index < -0.39 is 12.3 Å². The molecule has 5 heterocycles. The quantitative estimate of drug-likeness (QED) is 0.480. The van der Waals surface area contributed by atoms with E-state index in [4.69, 9.17) is 19.2 Å². The summed E-state index contributed by atoms with van der Waals surface area (Å²) in [6.45, 7) is 2.54. The highest BCUT2D eigenvalue weighted by Gasteiger charge is 2.27. The summed E-state index contributed by atoms with van der Waals surface area (Å²) >= 11 is 0. The van der Waals surface area contributed by atoms with Crippen LogP contribution in [-0.2, 0) is 4.74 Å². The summed E-state index contributed by atoms with van der Waals surface area (Å²) in [7, 11) is 0. The first-order valence-electron chi connectivity index (χ1n) is 11.9. The minimum absolute atomic E-state index is 0.176. The van der Waals surface area contributed by atoms with Crippen molar-refractivity contribution in [2.24, 2.45) is 0 Å². The standard InChI is InChI=1S/C26H27FN4O3/c27-20-15-28-10-6-23(20)34-24-3-1-2-17-4-5-21(30-26(17)24)22-16-29-25-14-19(7-11-31(22)25)33-18-8-12-32-13-9-18/h1-5,7,11,14,16,18,20,23,28H,6,8-10,12-13,15H2/t20-,23-/m0/s1. The molecular weight excluding hydrogens is 435 g/mol. The van der Waals surface area contributed by atoms with E-state index >= 15 is 0 Å². The van der Waals surface area contributed by atoms with Crippen LogP contribution in [0.1, 0.15) is 19.3 Å². The predicted octanol–water partition coefficient (Wildman–Crippen LogP) is 4.19. The third kappa shape index (κ3) is 4.19. The zero-order valence-corrected chi connectivity index (χ0v) is 18.8. The van der Waals surface area contributed by atoms with Gasteiger partial charge in [0, 0.05) is 37.0 Å². The zero-order valence-electron chi connectivity index (χ0n) is 18.8. The Labute approximate surface area is 196 Å². The van der Waals surface area contributed by atoms with E-state index in [0.29, 0.717) is 18.7 Å². The van der Waals surface area contributed by atoms with Crippen molar-refractivity contribution in [3.8, 4) is 22.9 Å². The first-order valence-corrected chi connectivity index (χ1v) is 11.9. The number of fused-ring (bicyclic) bond motifs is 2. The fourth-order valence-corrected chi connectivity index (χ4v) is 4.66. The van der Waals surface area contributed by atoms with Gasteiger partial charge in [0.25, 0.3) is 0 Å². The number of benzene rings is 1. The smallest absolute Gasteiger partial charge is 0.149 e. The van der Waals surface area contributed by atoms with Crippen LogP contribution in [0.25, 0.3) is 27.9 Å². The number of rotatable bonds is 5. The number of alkyl halides is 1. The van der Waals surface area contributed by atoms with Crippen LogP contribution in [0.5, 0.6) is 11.5 Å². The van der Waals surface area contributed by atoms with E-state index in [9.17, 15) is 4.39 Å². The van der Waals surface area contributed by atoms with E-state index in [1.807, 2.05) is 59.3 Å². The molecule has 0 radical (unpaired) electrons. The predicted molar refractivity (Wildman–Crippen MR) is 127 cm³/mol. The van der Waals surface area contributed by atoms with Gasteiger partial charge in [0.05, 0.1) is 30.8 Å². The van der Waals surface area contributed by atoms with Crippen LogP contribution in [0.3, 0.4) is 0 Å². The molecule has 0 saturated carbocycles. The van der Waals surface area contributed by atoms with Crippen molar-refractivity contribution < 1.29 is 18.6 Å². The topological polar surface area (TPSA) is 69.9 Å². The Morgan fingerprint density at radius 3 is 2.85 bits per heavy atom. The second kappa shape index (κ2) is 9.19. The van der Waals surface area contributed by atoms with Gasteiger partial charge < -0.3 is 19.5 Å². The molecule has 2 aliphatic rings. The molecule has 1 N–H and O–H groups in total. The van der Waals surface area contributed by atoms with Gasteiger partial charge in [-0.2, -0.15) is 0 Å². The molecule has 0 aliphatic carbocycles. The van der Waals surface area contributed by atoms with Gasteiger partial charge in [0.1, 0.15) is 41.0 Å². The molecule has 2 fully saturated rings. The highest BCUT2D eigenvalue weighted by molar-refractivity contribution is 5.86. The van der Waals surface area contributed by atoms with Crippen molar-refractivity contribution in [2.75, 3.05) is 26.3 Å². The van der Waals surface area contributed by atoms with Crippen molar-refractivity contribution in [3.05, 3.63) is 54.9 Å². The lowest BCUT2D eigenvalue weighted by molar-refractivity contribution is 0.0256. The van der Waals surface area contributed by atoms with E-state index in [-0.39, 0.29) is 6.10 Å². The Morgan fingerprint density at radius 2 is 1.97 bits per heavy atom. The lowest BCUT2D eigenvalue weighted by atomic mass is 10.1. The van der Waals surface area contributed by atoms with Crippen molar-refractivity contribution in [3.63, 3.8) is 0 Å². The van der Waals surface area contributed by atoms with Crippen LogP contribution in [0, 0.1) is 0 Å². The molecule has 0 unspecified atom stereocenters. The molecule has 34 heavy (non-hydrogen) atoms. The minimum atomic E-state index is -1.04. The molecule has 0 bridgehead atoms. The van der Waals surface area contributed by atoms with Crippen LogP contribution >= 0.6 is 0 Å². The van der Waals surface area contributed by atoms with Gasteiger partial charge in [-0.1, -0.05) is 18.2 Å². The minimum Gasteiger partial charge on any atom is -0.490 e. The third-order valence-electron chi connectivity index (χ3n) is 6.53. The molecule has 1 aromatic carbocycles. The molecule has 7 nitrogen and oxygen atoms in total. The van der Waals surface area contributed by atoms with Gasteiger partial charge in [0.15, 0.2) is 0 Å². The second-order valence-corrected chi connectivity index (χ2v) is 8.85. The van der Waals surface area contributed by atoms with E-state index in [2.05, 4.69) is 10.3 Å². The lowest BCUT2D eigenvalue weighted by Gasteiger charge is -2.27. The third-order valence-corrected chi connectivity index (χ3v) is 6.53. The average Bonchev–Trinajstić information content (AvgIpc) is 3.29. The highest BCUT2D eigenvalue weighted by Crippen LogP contribution is 2.30. The van der Waals surface area contributed by atoms with Crippen LogP contribution in [0.15, 0.2) is 54.9 Å². The van der Waals surface area contributed by atoms with Gasteiger partial charge in [-0.25, -0.2) is 14.4 Å². The average molecular weight is 463 g/mol. The Kier molecular flexibility index (Phi) is 5.76. The number of hydrogen-bond acceptors (Lipinski definition) is 6. The monoisotopic (exact) mass is 462 g/mol. The number of para-hydroxylation sites is 1. The van der Waals surface area contributed by atoms with Crippen molar-refractivity contribution >= 4 is 16.6 Å². The van der Waals surface area contributed by atoms with Crippen molar-refractivity contribution in [1.82, 2.24) is 19.7 Å². The van der Waals surface area contributed by atoms with E-state index in [1.165, 1.54) is 0 Å². The van der Waals surface area contributed by atoms with Crippen molar-refractivity contribution in [1.29, 1.82) is 0 Å². The molecule has 176 valence electrons. The summed E-state index contributed by atoms with van der Waals surface area (Å²) in [5.41, 5.74) is 3.16. The van der Waals surface area contributed by atoms with Gasteiger partial charge in [-0.05, 0) is 31.2 Å². The van der Waals surface area contributed by atoms with E-state index in [0.717, 1.165) is 66.3 Å². The van der Waals surface area contributed by atoms with E-state index in [1.54, 1.807) is 0 Å². The normalized spacial score (nSPS) is 21.7. The number of hydrogen-bond donors (Lipinski definition) is 1. The maximum absolute atomic E-state index is 14.4. The first-order chi connectivity index (χ1) is 16.7. The Morgan fingerprint density at radius 1 is 1.06 bits per heavy atom. The molecule has 2 saturated heterocycles. The van der Waals surface area contributed by atoms with Gasteiger partial charge >= 0.3 is 0 Å². The molecule has 6 rings (SSSR count). The molecule has 2 atom stereocenters. The lowest BCUT2D eigenvalue weighted by Crippen LogP contribution is -2.44. The zero-order chi connectivity index (χ0) is 22.9. The Bertz CT molecular complexity index is 1300. The molecule has 4 aromatic rings. The number of imidazole rings is 1. The number of pyridine rings is 2. The summed E-state index contributed by atoms with van der Waals surface area (Å²) in [4.78, 5) is 9.49. The fraction of sp³-hybridized carbons (Fsp3) is 0.385. The molecule has 3 aromatic heterocycles. The van der Waals surface area contributed by atoms with Gasteiger partial charge in [-0.15, -0.1) is 0 Å². The molecule has 0 amide bonds. The largest absolute Gasteiger partial charge is 0.490 e. The number of aromatic nitrogens is 3. The molecular formula is C26H27FN4O3. The van der Waals surface area contributed by atoms with Crippen LogP contribution in [0.4, 0.5) is 4.39 Å². The summed E-state index contributed by atoms with van der Waals surface area (Å²) in [6, 6.07) is 13.7. The van der Waals surface area contributed by atoms with Gasteiger partial charge in [-0.3, -0.25) is 4.40 Å². The van der Waals surface area contributed by atoms with Gasteiger partial charge in [0.2, 0.25) is 0 Å². The fourth-order valence-electron chi connectivity index (χ4n) is 4.66. The first kappa shape index (κ1) is 21.3. The second-order valence-electron chi connectivity index (χ2n) is 8.85. The highest BCUT2D eigenvalue weighted by atomic mass is 19.1. The summed E-state index contributed by atoms with van der Waals surface area (Å²) in [6.07, 6.45) is 4.87. The maximum Gasteiger partial charge on any atom is 0.149 e. The van der Waals surface area contributed by atoms with Crippen molar-refractivity contribution in [2.45, 2.75) is 37.6 Å². The van der Waals surface area contributed by atoms with Crippen LogP contribution in [0.2, 0.25) is 0 Å². The molecule has 2 aliphatic heterocycles. The summed E-state index contributed by atoms with van der Waals surface area (Å²) in [5.74, 6) is 1.41. The van der Waals surface area contributed by atoms with Crippen LogP contribution in [-0.4, -0.2) is 59.1 Å². The Balaban J connectivity index is 1.30. The Hall–Kier alpha value is -3.23. The maximum atomic E-state index is 14.4. The molecule has 8 heteroatoms. The molecule has 0 spiro atoms. The summed E-state index contributed by atoms with van der Waals surface area (Å²) < 4.78 is 34.0. The number of halogens is 1. The number of piperidine rings is 1. The summed E-state index contributed by atoms with van der Waals surface area (Å²) in [5, 5.41) is 4.01. The van der Waals surface area contributed by atoms with Crippen LogP contribution < -0.4 is 14.8 Å². The number of ether oxygens (including phenoxy) is 3. The SMILES string of the molecule is F[C@H]1CNCC[C@@H]1Oc1cccc2ccc(-c3cnc4cc(OC5CCOCC5)ccn34)nc12. The number of nitrogens with one attached hydrogen (secondary N) is 1. The number of nitrogens with zero attached hydrogens (tertiary/aromatic N) is 3.